The molecule has 4 rings (SSSR count). The zero-order valence-electron chi connectivity index (χ0n) is 21.7. The first-order valence-electron chi connectivity index (χ1n) is 12.2. The highest BCUT2D eigenvalue weighted by molar-refractivity contribution is 9.10. The first-order chi connectivity index (χ1) is 19.2. The number of carboxylic acids is 1. The van der Waals surface area contributed by atoms with E-state index in [1.165, 1.54) is 25.3 Å². The molecule has 0 aliphatic carbocycles. The average molecular weight is 608 g/mol. The number of aromatic carboxylic acids is 1. The minimum Gasteiger partial charge on any atom is -0.493 e. The third-order valence-corrected chi connectivity index (χ3v) is 6.67. The van der Waals surface area contributed by atoms with Crippen LogP contribution in [-0.4, -0.2) is 47.5 Å². The molecule has 3 aromatic rings. The number of benzene rings is 3. The molecule has 1 heterocycles. The summed E-state index contributed by atoms with van der Waals surface area (Å²) in [4.78, 5) is 49.9. The molecule has 0 aromatic heterocycles. The van der Waals surface area contributed by atoms with Gasteiger partial charge < -0.3 is 25.2 Å². The minimum atomic E-state index is -1.01. The number of methoxy groups -OCH3 is 1. The molecule has 11 heteroatoms. The Balaban J connectivity index is 1.46. The standard InChI is InChI=1S/C29H26BrN3O7/c1-3-19-6-4-5-7-22(19)31-25(34)15-33-27(35)23(32-29(33)38)13-18-12-21(30)26(24(14-18)39-2)40-16-17-8-10-20(11-9-17)28(36)37/h4-14H,3,15-16H2,1-2H3,(H,31,34)(H,32,38)(H,36,37)/b23-13+. The van der Waals surface area contributed by atoms with Crippen molar-refractivity contribution in [3.63, 3.8) is 0 Å². The fourth-order valence-corrected chi connectivity index (χ4v) is 4.60. The first kappa shape index (κ1) is 28.4. The highest BCUT2D eigenvalue weighted by atomic mass is 79.9. The average Bonchev–Trinajstić information content (AvgIpc) is 3.19. The van der Waals surface area contributed by atoms with Gasteiger partial charge in [0, 0.05) is 5.69 Å². The Morgan fingerprint density at radius 3 is 2.50 bits per heavy atom. The number of carbonyl (C=O) groups is 4. The van der Waals surface area contributed by atoms with Crippen molar-refractivity contribution in [2.75, 3.05) is 19.0 Å². The maximum Gasteiger partial charge on any atom is 0.335 e. The molecule has 1 saturated heterocycles. The monoisotopic (exact) mass is 607 g/mol. The Labute approximate surface area is 238 Å². The Hall–Kier alpha value is -4.64. The summed E-state index contributed by atoms with van der Waals surface area (Å²) in [5.74, 6) is -1.37. The van der Waals surface area contributed by atoms with Crippen molar-refractivity contribution in [3.05, 3.63) is 93.1 Å². The van der Waals surface area contributed by atoms with Crippen molar-refractivity contribution in [1.82, 2.24) is 10.2 Å². The molecule has 1 aliphatic heterocycles. The summed E-state index contributed by atoms with van der Waals surface area (Å²) in [5.41, 5.74) is 3.05. The van der Waals surface area contributed by atoms with E-state index in [4.69, 9.17) is 14.6 Å². The summed E-state index contributed by atoms with van der Waals surface area (Å²) < 4.78 is 11.9. The molecule has 0 saturated carbocycles. The number of aryl methyl sites for hydroxylation is 1. The van der Waals surface area contributed by atoms with E-state index in [0.717, 1.165) is 22.4 Å². The van der Waals surface area contributed by atoms with Gasteiger partial charge in [-0.25, -0.2) is 14.5 Å². The number of halogens is 1. The predicted molar refractivity (Wildman–Crippen MR) is 151 cm³/mol. The van der Waals surface area contributed by atoms with Gasteiger partial charge >= 0.3 is 12.0 Å². The number of carboxylic acid groups (broad SMARTS) is 1. The van der Waals surface area contributed by atoms with Crippen LogP contribution in [0.25, 0.3) is 6.08 Å². The number of nitrogens with zero attached hydrogens (tertiary/aromatic N) is 1. The molecular formula is C29H26BrN3O7. The van der Waals surface area contributed by atoms with Gasteiger partial charge in [0.25, 0.3) is 5.91 Å². The number of rotatable bonds is 10. The van der Waals surface area contributed by atoms with Gasteiger partial charge in [0.05, 0.1) is 17.1 Å². The van der Waals surface area contributed by atoms with Crippen LogP contribution >= 0.6 is 15.9 Å². The summed E-state index contributed by atoms with van der Waals surface area (Å²) in [7, 11) is 1.47. The summed E-state index contributed by atoms with van der Waals surface area (Å²) in [5, 5.41) is 14.3. The molecule has 206 valence electrons. The fourth-order valence-electron chi connectivity index (χ4n) is 4.03. The van der Waals surface area contributed by atoms with Crippen LogP contribution in [0.1, 0.15) is 34.0 Å². The number of nitrogens with one attached hydrogen (secondary N) is 2. The van der Waals surface area contributed by atoms with E-state index in [-0.39, 0.29) is 17.9 Å². The van der Waals surface area contributed by atoms with E-state index in [9.17, 15) is 19.2 Å². The second kappa shape index (κ2) is 12.5. The van der Waals surface area contributed by atoms with E-state index in [2.05, 4.69) is 26.6 Å². The van der Waals surface area contributed by atoms with Crippen LogP contribution in [-0.2, 0) is 22.6 Å². The Bertz CT molecular complexity index is 1500. The van der Waals surface area contributed by atoms with E-state index >= 15 is 0 Å². The van der Waals surface area contributed by atoms with Gasteiger partial charge in [0.2, 0.25) is 5.91 Å². The van der Waals surface area contributed by atoms with Crippen LogP contribution in [0.2, 0.25) is 0 Å². The van der Waals surface area contributed by atoms with E-state index in [1.54, 1.807) is 36.4 Å². The highest BCUT2D eigenvalue weighted by Crippen LogP contribution is 2.38. The SMILES string of the molecule is CCc1ccccc1NC(=O)CN1C(=O)N/C(=C/c2cc(Br)c(OCc3ccc(C(=O)O)cc3)c(OC)c2)C1=O. The van der Waals surface area contributed by atoms with Crippen LogP contribution < -0.4 is 20.1 Å². The van der Waals surface area contributed by atoms with Crippen molar-refractivity contribution in [1.29, 1.82) is 0 Å². The summed E-state index contributed by atoms with van der Waals surface area (Å²) in [6.45, 7) is 1.68. The lowest BCUT2D eigenvalue weighted by Crippen LogP contribution is -2.38. The Kier molecular flexibility index (Phi) is 8.85. The maximum absolute atomic E-state index is 13.0. The van der Waals surface area contributed by atoms with Gasteiger partial charge in [-0.1, -0.05) is 37.3 Å². The molecule has 3 N–H and O–H groups in total. The Morgan fingerprint density at radius 2 is 1.82 bits per heavy atom. The van der Waals surface area contributed by atoms with E-state index in [1.807, 2.05) is 19.1 Å². The molecule has 0 bridgehead atoms. The largest absolute Gasteiger partial charge is 0.493 e. The van der Waals surface area contributed by atoms with Crippen LogP contribution in [0.3, 0.4) is 0 Å². The molecule has 1 fully saturated rings. The summed E-state index contributed by atoms with van der Waals surface area (Å²) >= 11 is 3.46. The van der Waals surface area contributed by atoms with Crippen molar-refractivity contribution in [2.24, 2.45) is 0 Å². The van der Waals surface area contributed by atoms with Crippen molar-refractivity contribution >= 4 is 51.5 Å². The highest BCUT2D eigenvalue weighted by Gasteiger charge is 2.35. The molecule has 0 atom stereocenters. The van der Waals surface area contributed by atoms with Crippen LogP contribution in [0, 0.1) is 0 Å². The third-order valence-electron chi connectivity index (χ3n) is 6.08. The van der Waals surface area contributed by atoms with Crippen LogP contribution in [0.15, 0.2) is 70.8 Å². The van der Waals surface area contributed by atoms with Crippen LogP contribution in [0.5, 0.6) is 11.5 Å². The Morgan fingerprint density at radius 1 is 1.10 bits per heavy atom. The second-order valence-corrected chi connectivity index (χ2v) is 9.62. The normalized spacial score (nSPS) is 13.8. The molecule has 0 spiro atoms. The van der Waals surface area contributed by atoms with E-state index in [0.29, 0.717) is 27.2 Å². The number of imide groups is 1. The number of ether oxygens (including phenoxy) is 2. The van der Waals surface area contributed by atoms with Gasteiger partial charge in [0.1, 0.15) is 18.8 Å². The maximum atomic E-state index is 13.0. The van der Waals surface area contributed by atoms with Gasteiger partial charge in [-0.15, -0.1) is 0 Å². The molecule has 1 aliphatic rings. The number of anilines is 1. The zero-order valence-corrected chi connectivity index (χ0v) is 23.3. The third kappa shape index (κ3) is 6.49. The molecule has 0 radical (unpaired) electrons. The second-order valence-electron chi connectivity index (χ2n) is 8.76. The lowest BCUT2D eigenvalue weighted by Gasteiger charge is -2.14. The summed E-state index contributed by atoms with van der Waals surface area (Å²) in [6, 6.07) is 16.3. The predicted octanol–water partition coefficient (Wildman–Crippen LogP) is 4.83. The van der Waals surface area contributed by atoms with Crippen molar-refractivity contribution in [3.8, 4) is 11.5 Å². The van der Waals surface area contributed by atoms with Gasteiger partial charge in [-0.2, -0.15) is 0 Å². The number of urea groups is 1. The lowest BCUT2D eigenvalue weighted by atomic mass is 10.1. The summed E-state index contributed by atoms with van der Waals surface area (Å²) in [6.07, 6.45) is 2.20. The molecule has 10 nitrogen and oxygen atoms in total. The molecule has 3 aromatic carbocycles. The van der Waals surface area contributed by atoms with Crippen molar-refractivity contribution < 1.29 is 33.8 Å². The molecular weight excluding hydrogens is 582 g/mol. The zero-order chi connectivity index (χ0) is 28.8. The van der Waals surface area contributed by atoms with Gasteiger partial charge in [-0.3, -0.25) is 9.59 Å². The van der Waals surface area contributed by atoms with Gasteiger partial charge in [0.15, 0.2) is 11.5 Å². The smallest absolute Gasteiger partial charge is 0.335 e. The molecule has 4 amide bonds. The number of carbonyl (C=O) groups excluding carboxylic acids is 3. The number of amides is 4. The molecule has 40 heavy (non-hydrogen) atoms. The first-order valence-corrected chi connectivity index (χ1v) is 13.0. The topological polar surface area (TPSA) is 134 Å². The lowest BCUT2D eigenvalue weighted by molar-refractivity contribution is -0.127. The quantitative estimate of drug-likeness (QED) is 0.222. The number of para-hydroxylation sites is 1. The molecule has 0 unspecified atom stereocenters. The van der Waals surface area contributed by atoms with E-state index < -0.39 is 30.4 Å². The van der Waals surface area contributed by atoms with Crippen LogP contribution in [0.4, 0.5) is 10.5 Å². The fraction of sp³-hybridized carbons (Fsp3) is 0.172. The number of hydrogen-bond acceptors (Lipinski definition) is 6. The number of hydrogen-bond donors (Lipinski definition) is 3. The van der Waals surface area contributed by atoms with Crippen molar-refractivity contribution in [2.45, 2.75) is 20.0 Å². The minimum absolute atomic E-state index is 0.00731. The van der Waals surface area contributed by atoms with Gasteiger partial charge in [-0.05, 0) is 75.4 Å².